The third-order valence-corrected chi connectivity index (χ3v) is 6.11. The van der Waals surface area contributed by atoms with Gasteiger partial charge in [0.15, 0.2) is 6.35 Å². The maximum atomic E-state index is 11.1. The van der Waals surface area contributed by atoms with Crippen LogP contribution in [0.2, 0.25) is 0 Å². The summed E-state index contributed by atoms with van der Waals surface area (Å²) in [6.45, 7) is 8.04. The summed E-state index contributed by atoms with van der Waals surface area (Å²) in [6.07, 6.45) is 0.0867. The molecule has 0 saturated heterocycles. The number of aryl methyl sites for hydroxylation is 1. The van der Waals surface area contributed by atoms with Crippen LogP contribution in [-0.2, 0) is 11.0 Å². The molecule has 2 rings (SSSR count). The number of aromatic hydroxyl groups is 1. The molecule has 0 heterocycles. The van der Waals surface area contributed by atoms with E-state index in [0.717, 1.165) is 31.4 Å². The lowest BCUT2D eigenvalue weighted by Gasteiger charge is -2.18. The molecule has 5 nitrogen and oxygen atoms in total. The third-order valence-electron chi connectivity index (χ3n) is 4.30. The largest absolute Gasteiger partial charge is 0.508 e. The van der Waals surface area contributed by atoms with Crippen LogP contribution < -0.4 is 4.74 Å². The molecule has 7 heteroatoms. The van der Waals surface area contributed by atoms with Crippen LogP contribution in [0.15, 0.2) is 24.3 Å². The molecule has 0 spiro atoms. The normalized spacial score (nSPS) is 11.8. The summed E-state index contributed by atoms with van der Waals surface area (Å²) in [4.78, 5) is 18.0. The van der Waals surface area contributed by atoms with Gasteiger partial charge in [-0.1, -0.05) is 26.0 Å². The molecule has 0 aliphatic carbocycles. The fourth-order valence-electron chi connectivity index (χ4n) is 2.87. The molecule has 0 aliphatic heterocycles. The number of benzene rings is 2. The first-order chi connectivity index (χ1) is 12.0. The van der Waals surface area contributed by atoms with Gasteiger partial charge < -0.3 is 19.6 Å². The molecule has 0 bridgehead atoms. The molecule has 0 saturated carbocycles. The van der Waals surface area contributed by atoms with Crippen LogP contribution in [0.5, 0.6) is 11.5 Å². The van der Waals surface area contributed by atoms with Crippen LogP contribution in [0.1, 0.15) is 47.6 Å². The summed E-state index contributed by atoms with van der Waals surface area (Å²) in [5, 5.41) is 10.0. The van der Waals surface area contributed by atoms with Crippen molar-refractivity contribution in [3.8, 4) is 11.5 Å². The van der Waals surface area contributed by atoms with Gasteiger partial charge in [-0.2, -0.15) is 0 Å². The summed E-state index contributed by atoms with van der Waals surface area (Å²) in [7, 11) is -4.22. The maximum Gasteiger partial charge on any atom is 0.362 e. The maximum absolute atomic E-state index is 11.1. The molecule has 0 atom stereocenters. The molecule has 3 N–H and O–H groups in total. The molecule has 0 fully saturated rings. The van der Waals surface area contributed by atoms with Crippen molar-refractivity contribution in [3.63, 3.8) is 0 Å². The first kappa shape index (κ1) is 21.2. The predicted molar refractivity (Wildman–Crippen MR) is 111 cm³/mol. The summed E-state index contributed by atoms with van der Waals surface area (Å²) >= 11 is 2.15. The van der Waals surface area contributed by atoms with Crippen molar-refractivity contribution in [3.05, 3.63) is 55.7 Å². The Hall–Kier alpha value is -1.08. The van der Waals surface area contributed by atoms with Gasteiger partial charge in [-0.15, -0.1) is 0 Å². The van der Waals surface area contributed by atoms with E-state index in [0.29, 0.717) is 17.9 Å². The second kappa shape index (κ2) is 8.30. The number of hydrogen-bond donors (Lipinski definition) is 3. The fraction of sp³-hybridized carbons (Fsp3) is 0.368. The van der Waals surface area contributed by atoms with Crippen molar-refractivity contribution in [1.29, 1.82) is 0 Å². The Kier molecular flexibility index (Phi) is 6.77. The highest BCUT2D eigenvalue weighted by atomic mass is 127. The van der Waals surface area contributed by atoms with Crippen LogP contribution in [0.4, 0.5) is 0 Å². The predicted octanol–water partition coefficient (Wildman–Crippen LogP) is 4.84. The standard InChI is InChI=1S/C19H24IO5P/c1-11(2)15-8-14(5-6-17(15)21)9-16-12(3)7-18(19(20)13(16)4)25-10-26(22,23)24/h5-8,11,21H,9-10H2,1-4H3,(H2,22,23,24). The average Bonchev–Trinajstić information content (AvgIpc) is 2.54. The van der Waals surface area contributed by atoms with Crippen molar-refractivity contribution in [1.82, 2.24) is 0 Å². The second-order valence-corrected chi connectivity index (χ2v) is 9.44. The molecule has 142 valence electrons. The van der Waals surface area contributed by atoms with Crippen molar-refractivity contribution in [2.45, 2.75) is 40.0 Å². The Morgan fingerprint density at radius 1 is 1.19 bits per heavy atom. The van der Waals surface area contributed by atoms with E-state index in [9.17, 15) is 9.67 Å². The van der Waals surface area contributed by atoms with E-state index in [1.807, 2.05) is 45.9 Å². The minimum Gasteiger partial charge on any atom is -0.508 e. The molecule has 26 heavy (non-hydrogen) atoms. The van der Waals surface area contributed by atoms with Gasteiger partial charge in [0, 0.05) is 0 Å². The van der Waals surface area contributed by atoms with Gasteiger partial charge in [-0.05, 0) is 88.7 Å². The Morgan fingerprint density at radius 3 is 2.42 bits per heavy atom. The van der Waals surface area contributed by atoms with Gasteiger partial charge in [0.2, 0.25) is 0 Å². The minimum atomic E-state index is -4.22. The molecular formula is C19H24IO5P. The second-order valence-electron chi connectivity index (χ2n) is 6.77. The lowest BCUT2D eigenvalue weighted by atomic mass is 9.93. The van der Waals surface area contributed by atoms with Crippen LogP contribution in [0.25, 0.3) is 0 Å². The smallest absolute Gasteiger partial charge is 0.362 e. The SMILES string of the molecule is Cc1cc(OCP(=O)(O)O)c(I)c(C)c1Cc1ccc(O)c(C(C)C)c1. The molecule has 2 aromatic carbocycles. The van der Waals surface area contributed by atoms with E-state index in [1.165, 1.54) is 0 Å². The summed E-state index contributed by atoms with van der Waals surface area (Å²) in [5.74, 6) is 1.04. The zero-order valence-corrected chi connectivity index (χ0v) is 18.3. The van der Waals surface area contributed by atoms with Crippen molar-refractivity contribution in [2.24, 2.45) is 0 Å². The zero-order valence-electron chi connectivity index (χ0n) is 15.3. The summed E-state index contributed by atoms with van der Waals surface area (Å²) in [5.41, 5.74) is 5.22. The first-order valence-corrected chi connectivity index (χ1v) is 11.1. The monoisotopic (exact) mass is 490 g/mol. The number of hydrogen-bond acceptors (Lipinski definition) is 3. The van der Waals surface area contributed by atoms with Crippen LogP contribution in [0, 0.1) is 17.4 Å². The molecular weight excluding hydrogens is 466 g/mol. The average molecular weight is 490 g/mol. The van der Waals surface area contributed by atoms with Gasteiger partial charge in [0.1, 0.15) is 11.5 Å². The first-order valence-electron chi connectivity index (χ1n) is 8.27. The molecule has 0 amide bonds. The Bertz CT molecular complexity index is 857. The third kappa shape index (κ3) is 5.22. The van der Waals surface area contributed by atoms with E-state index in [1.54, 1.807) is 6.07 Å². The molecule has 0 unspecified atom stereocenters. The Morgan fingerprint density at radius 2 is 1.85 bits per heavy atom. The van der Waals surface area contributed by atoms with E-state index in [2.05, 4.69) is 22.6 Å². The lowest BCUT2D eigenvalue weighted by Crippen LogP contribution is -2.05. The molecule has 0 radical (unpaired) electrons. The highest BCUT2D eigenvalue weighted by Crippen LogP contribution is 2.38. The molecule has 2 aromatic rings. The van der Waals surface area contributed by atoms with E-state index < -0.39 is 13.9 Å². The molecule has 0 aromatic heterocycles. The summed E-state index contributed by atoms with van der Waals surface area (Å²) in [6, 6.07) is 7.51. The molecule has 0 aliphatic rings. The minimum absolute atomic E-state index is 0.237. The zero-order chi connectivity index (χ0) is 19.6. The van der Waals surface area contributed by atoms with E-state index in [4.69, 9.17) is 14.5 Å². The number of phenolic OH excluding ortho intramolecular Hbond substituents is 1. The lowest BCUT2D eigenvalue weighted by molar-refractivity contribution is 0.299. The fourth-order valence-corrected chi connectivity index (χ4v) is 3.82. The number of rotatable bonds is 6. The number of phenols is 1. The van der Waals surface area contributed by atoms with Gasteiger partial charge in [-0.3, -0.25) is 4.57 Å². The highest BCUT2D eigenvalue weighted by Gasteiger charge is 2.18. The summed E-state index contributed by atoms with van der Waals surface area (Å²) < 4.78 is 17.2. The van der Waals surface area contributed by atoms with Crippen molar-refractivity contribution >= 4 is 30.2 Å². The van der Waals surface area contributed by atoms with Gasteiger partial charge >= 0.3 is 7.60 Å². The van der Waals surface area contributed by atoms with Gasteiger partial charge in [0.25, 0.3) is 0 Å². The van der Waals surface area contributed by atoms with Crippen molar-refractivity contribution in [2.75, 3.05) is 6.35 Å². The van der Waals surface area contributed by atoms with E-state index in [-0.39, 0.29) is 5.92 Å². The Labute approximate surface area is 167 Å². The Balaban J connectivity index is 2.35. The quantitative estimate of drug-likeness (QED) is 0.399. The van der Waals surface area contributed by atoms with Gasteiger partial charge in [0.05, 0.1) is 3.57 Å². The topological polar surface area (TPSA) is 87.0 Å². The van der Waals surface area contributed by atoms with Crippen LogP contribution >= 0.6 is 30.2 Å². The van der Waals surface area contributed by atoms with E-state index >= 15 is 0 Å². The number of ether oxygens (including phenoxy) is 1. The number of halogens is 1. The van der Waals surface area contributed by atoms with Crippen LogP contribution in [0.3, 0.4) is 0 Å². The highest BCUT2D eigenvalue weighted by molar-refractivity contribution is 14.1. The van der Waals surface area contributed by atoms with Crippen LogP contribution in [-0.4, -0.2) is 21.2 Å². The van der Waals surface area contributed by atoms with Gasteiger partial charge in [-0.25, -0.2) is 0 Å². The van der Waals surface area contributed by atoms with Crippen molar-refractivity contribution < 1.29 is 24.2 Å².